The van der Waals surface area contributed by atoms with Crippen LogP contribution in [0.25, 0.3) is 0 Å². The van der Waals surface area contributed by atoms with E-state index in [4.69, 9.17) is 0 Å². The smallest absolute Gasteiger partial charge is 0.258 e. The lowest BCUT2D eigenvalue weighted by atomic mass is 10.1. The van der Waals surface area contributed by atoms with E-state index >= 15 is 0 Å². The monoisotopic (exact) mass is 303 g/mol. The average Bonchev–Trinajstić information content (AvgIpc) is 2.24. The molecule has 1 unspecified atom stereocenters. The molecule has 0 radical (unpaired) electrons. The predicted octanol–water partition coefficient (Wildman–Crippen LogP) is 2.82. The van der Waals surface area contributed by atoms with Crippen LogP contribution in [0.15, 0.2) is 18.2 Å². The largest absolute Gasteiger partial charge is 0.507 e. The number of carbonyl (C=O) groups is 1. The molecule has 94 valence electrons. The summed E-state index contributed by atoms with van der Waals surface area (Å²) < 4.78 is 13.3. The highest BCUT2D eigenvalue weighted by atomic mass is 79.9. The number of halogens is 2. The van der Waals surface area contributed by atoms with Crippen molar-refractivity contribution in [2.75, 3.05) is 6.54 Å². The standard InChI is InChI=1S/C12H15BrFNO2/c1-8(13)4-3-7-15-12(17)11-9(14)5-2-6-10(11)16/h2,5-6,8,16H,3-4,7H2,1H3,(H,15,17). The van der Waals surface area contributed by atoms with Crippen LogP contribution in [0.4, 0.5) is 4.39 Å². The molecule has 0 aliphatic heterocycles. The molecule has 0 spiro atoms. The minimum atomic E-state index is -0.712. The van der Waals surface area contributed by atoms with E-state index in [0.717, 1.165) is 18.9 Å². The van der Waals surface area contributed by atoms with E-state index in [2.05, 4.69) is 21.2 Å². The van der Waals surface area contributed by atoms with Crippen molar-refractivity contribution < 1.29 is 14.3 Å². The Morgan fingerprint density at radius 2 is 2.29 bits per heavy atom. The molecule has 17 heavy (non-hydrogen) atoms. The van der Waals surface area contributed by atoms with Gasteiger partial charge in [-0.3, -0.25) is 4.79 Å². The molecule has 3 nitrogen and oxygen atoms in total. The summed E-state index contributed by atoms with van der Waals surface area (Å²) in [5.74, 6) is -1.63. The Morgan fingerprint density at radius 1 is 1.59 bits per heavy atom. The molecule has 5 heteroatoms. The summed E-state index contributed by atoms with van der Waals surface area (Å²) in [6, 6.07) is 3.79. The maximum atomic E-state index is 13.3. The molecule has 1 aromatic carbocycles. The number of aromatic hydroxyl groups is 1. The van der Waals surface area contributed by atoms with Crippen LogP contribution < -0.4 is 5.32 Å². The lowest BCUT2D eigenvalue weighted by Gasteiger charge is -2.08. The van der Waals surface area contributed by atoms with Crippen molar-refractivity contribution >= 4 is 21.8 Å². The third-order valence-electron chi connectivity index (χ3n) is 2.28. The number of hydrogen-bond acceptors (Lipinski definition) is 2. The topological polar surface area (TPSA) is 49.3 Å². The maximum Gasteiger partial charge on any atom is 0.258 e. The minimum absolute atomic E-state index is 0.292. The van der Waals surface area contributed by atoms with Gasteiger partial charge in [-0.1, -0.05) is 28.9 Å². The Bertz CT molecular complexity index is 376. The third-order valence-corrected chi connectivity index (χ3v) is 2.74. The number of amides is 1. The fraction of sp³-hybridized carbons (Fsp3) is 0.417. The highest BCUT2D eigenvalue weighted by Crippen LogP contribution is 2.19. The van der Waals surface area contributed by atoms with Gasteiger partial charge >= 0.3 is 0 Å². The van der Waals surface area contributed by atoms with Crippen LogP contribution >= 0.6 is 15.9 Å². The first kappa shape index (κ1) is 14.0. The summed E-state index contributed by atoms with van der Waals surface area (Å²) in [7, 11) is 0. The average molecular weight is 304 g/mol. The first-order chi connectivity index (χ1) is 8.02. The SMILES string of the molecule is CC(Br)CCCNC(=O)c1c(O)cccc1F. The van der Waals surface area contributed by atoms with Crippen molar-refractivity contribution in [3.63, 3.8) is 0 Å². The van der Waals surface area contributed by atoms with E-state index in [0.29, 0.717) is 11.4 Å². The molecule has 0 aromatic heterocycles. The number of alkyl halides is 1. The molecule has 2 N–H and O–H groups in total. The fourth-order valence-corrected chi connectivity index (χ4v) is 1.73. The van der Waals surface area contributed by atoms with Crippen molar-refractivity contribution in [1.29, 1.82) is 0 Å². The van der Waals surface area contributed by atoms with Crippen molar-refractivity contribution in [2.45, 2.75) is 24.6 Å². The van der Waals surface area contributed by atoms with Gasteiger partial charge in [-0.2, -0.15) is 0 Å². The third kappa shape index (κ3) is 4.34. The molecule has 1 amide bonds. The van der Waals surface area contributed by atoms with E-state index < -0.39 is 11.7 Å². The van der Waals surface area contributed by atoms with E-state index in [9.17, 15) is 14.3 Å². The van der Waals surface area contributed by atoms with Crippen LogP contribution in [0.2, 0.25) is 0 Å². The number of nitrogens with one attached hydrogen (secondary N) is 1. The van der Waals surface area contributed by atoms with Gasteiger partial charge in [0, 0.05) is 11.4 Å². The van der Waals surface area contributed by atoms with Gasteiger partial charge in [0.15, 0.2) is 0 Å². The van der Waals surface area contributed by atoms with Crippen LogP contribution in [0.3, 0.4) is 0 Å². The zero-order valence-electron chi connectivity index (χ0n) is 9.54. The second-order valence-electron chi connectivity index (χ2n) is 3.81. The highest BCUT2D eigenvalue weighted by Gasteiger charge is 2.15. The second-order valence-corrected chi connectivity index (χ2v) is 5.38. The van der Waals surface area contributed by atoms with Crippen LogP contribution in [-0.2, 0) is 0 Å². The first-order valence-electron chi connectivity index (χ1n) is 5.42. The Morgan fingerprint density at radius 3 is 2.88 bits per heavy atom. The van der Waals surface area contributed by atoms with Gasteiger partial charge in [0.2, 0.25) is 0 Å². The molecule has 0 saturated heterocycles. The molecule has 1 rings (SSSR count). The van der Waals surface area contributed by atoms with Crippen molar-refractivity contribution in [3.05, 3.63) is 29.6 Å². The number of carbonyl (C=O) groups excluding carboxylic acids is 1. The van der Waals surface area contributed by atoms with Gasteiger partial charge in [-0.25, -0.2) is 4.39 Å². The van der Waals surface area contributed by atoms with Crippen LogP contribution in [0.5, 0.6) is 5.75 Å². The number of hydrogen-bond donors (Lipinski definition) is 2. The number of phenols is 1. The summed E-state index contributed by atoms with van der Waals surface area (Å²) in [6.45, 7) is 2.48. The molecular formula is C12H15BrFNO2. The second kappa shape index (κ2) is 6.59. The van der Waals surface area contributed by atoms with E-state index in [-0.39, 0.29) is 11.3 Å². The van der Waals surface area contributed by atoms with Crippen molar-refractivity contribution in [1.82, 2.24) is 5.32 Å². The molecule has 0 aliphatic rings. The summed E-state index contributed by atoms with van der Waals surface area (Å²) in [5, 5.41) is 12.0. The van der Waals surface area contributed by atoms with Gasteiger partial charge in [0.25, 0.3) is 5.91 Å². The van der Waals surface area contributed by atoms with E-state index in [1.54, 1.807) is 0 Å². The number of benzene rings is 1. The zero-order valence-corrected chi connectivity index (χ0v) is 11.1. The summed E-state index contributed by atoms with van der Waals surface area (Å²) >= 11 is 3.40. The molecular weight excluding hydrogens is 289 g/mol. The Balaban J connectivity index is 2.53. The van der Waals surface area contributed by atoms with Gasteiger partial charge in [0.1, 0.15) is 17.1 Å². The Kier molecular flexibility index (Phi) is 5.41. The maximum absolute atomic E-state index is 13.3. The molecule has 0 saturated carbocycles. The molecule has 1 atom stereocenters. The molecule has 0 heterocycles. The lowest BCUT2D eigenvalue weighted by molar-refractivity contribution is 0.0946. The van der Waals surface area contributed by atoms with E-state index in [1.807, 2.05) is 6.92 Å². The normalized spacial score (nSPS) is 12.2. The summed E-state index contributed by atoms with van der Waals surface area (Å²) in [5.41, 5.74) is -0.292. The molecule has 0 fully saturated rings. The lowest BCUT2D eigenvalue weighted by Crippen LogP contribution is -2.25. The van der Waals surface area contributed by atoms with Crippen molar-refractivity contribution in [2.24, 2.45) is 0 Å². The molecule has 1 aromatic rings. The summed E-state index contributed by atoms with van der Waals surface area (Å²) in [6.07, 6.45) is 1.72. The van der Waals surface area contributed by atoms with Crippen LogP contribution in [-0.4, -0.2) is 22.4 Å². The first-order valence-corrected chi connectivity index (χ1v) is 6.33. The van der Waals surface area contributed by atoms with Gasteiger partial charge in [-0.15, -0.1) is 0 Å². The van der Waals surface area contributed by atoms with Gasteiger partial charge < -0.3 is 10.4 Å². The fourth-order valence-electron chi connectivity index (χ4n) is 1.41. The molecule has 0 bridgehead atoms. The number of rotatable bonds is 5. The number of phenolic OH excluding ortho intramolecular Hbond substituents is 1. The zero-order chi connectivity index (χ0) is 12.8. The quantitative estimate of drug-likeness (QED) is 0.649. The Hall–Kier alpha value is -1.10. The minimum Gasteiger partial charge on any atom is -0.507 e. The van der Waals surface area contributed by atoms with Gasteiger partial charge in [-0.05, 0) is 25.0 Å². The van der Waals surface area contributed by atoms with Gasteiger partial charge in [0.05, 0.1) is 0 Å². The summed E-state index contributed by atoms with van der Waals surface area (Å²) in [4.78, 5) is 12.0. The van der Waals surface area contributed by atoms with E-state index in [1.165, 1.54) is 12.1 Å². The van der Waals surface area contributed by atoms with Crippen LogP contribution in [0, 0.1) is 5.82 Å². The highest BCUT2D eigenvalue weighted by molar-refractivity contribution is 9.09. The molecule has 0 aliphatic carbocycles. The van der Waals surface area contributed by atoms with Crippen molar-refractivity contribution in [3.8, 4) is 5.75 Å². The predicted molar refractivity (Wildman–Crippen MR) is 68.0 cm³/mol. The van der Waals surface area contributed by atoms with Crippen LogP contribution in [0.1, 0.15) is 30.1 Å². The Labute approximate surface area is 108 Å².